The van der Waals surface area contributed by atoms with Gasteiger partial charge in [0, 0.05) is 5.54 Å². The molecule has 0 spiro atoms. The molecule has 0 saturated heterocycles. The van der Waals surface area contributed by atoms with Crippen molar-refractivity contribution in [2.24, 2.45) is 0 Å². The van der Waals surface area contributed by atoms with E-state index in [4.69, 9.17) is 0 Å². The van der Waals surface area contributed by atoms with Crippen LogP contribution in [0.3, 0.4) is 0 Å². The second kappa shape index (κ2) is 3.54. The molecule has 0 aromatic carbocycles. The summed E-state index contributed by atoms with van der Waals surface area (Å²) in [5.41, 5.74) is -0.303. The SMILES string of the molecule is CCCC(C)(C)NS(C)(=O)=O. The fraction of sp³-hybridized carbons (Fsp3) is 1.00. The van der Waals surface area contributed by atoms with Gasteiger partial charge in [0.2, 0.25) is 10.0 Å². The van der Waals surface area contributed by atoms with E-state index < -0.39 is 10.0 Å². The van der Waals surface area contributed by atoms with Crippen molar-refractivity contribution in [3.05, 3.63) is 0 Å². The van der Waals surface area contributed by atoms with Gasteiger partial charge in [-0.15, -0.1) is 0 Å². The van der Waals surface area contributed by atoms with E-state index in [-0.39, 0.29) is 5.54 Å². The molecular formula is C7H17NO2S. The first kappa shape index (κ1) is 10.9. The molecule has 0 atom stereocenters. The third kappa shape index (κ3) is 6.31. The van der Waals surface area contributed by atoms with Crippen LogP contribution >= 0.6 is 0 Å². The number of sulfonamides is 1. The first-order valence-corrected chi connectivity index (χ1v) is 5.65. The van der Waals surface area contributed by atoms with Gasteiger partial charge in [-0.1, -0.05) is 13.3 Å². The Hall–Kier alpha value is -0.0900. The van der Waals surface area contributed by atoms with Crippen LogP contribution in [-0.4, -0.2) is 20.2 Å². The van der Waals surface area contributed by atoms with Crippen LogP contribution in [0.2, 0.25) is 0 Å². The van der Waals surface area contributed by atoms with Gasteiger partial charge < -0.3 is 0 Å². The summed E-state index contributed by atoms with van der Waals surface area (Å²) in [6.07, 6.45) is 3.03. The summed E-state index contributed by atoms with van der Waals surface area (Å²) < 4.78 is 24.2. The molecule has 0 rings (SSSR count). The zero-order valence-electron chi connectivity index (χ0n) is 7.64. The molecule has 1 N–H and O–H groups in total. The minimum absolute atomic E-state index is 0.303. The molecule has 68 valence electrons. The number of hydrogen-bond donors (Lipinski definition) is 1. The Morgan fingerprint density at radius 3 is 2.09 bits per heavy atom. The van der Waals surface area contributed by atoms with Crippen molar-refractivity contribution >= 4 is 10.0 Å². The predicted molar refractivity (Wildman–Crippen MR) is 47.0 cm³/mol. The molecule has 0 saturated carbocycles. The van der Waals surface area contributed by atoms with Gasteiger partial charge in [-0.25, -0.2) is 13.1 Å². The van der Waals surface area contributed by atoms with Crippen LogP contribution in [0, 0.1) is 0 Å². The Kier molecular flexibility index (Phi) is 3.51. The molecule has 4 heteroatoms. The van der Waals surface area contributed by atoms with Gasteiger partial charge in [-0.3, -0.25) is 0 Å². The Labute approximate surface area is 69.2 Å². The van der Waals surface area contributed by atoms with Crippen molar-refractivity contribution in [3.8, 4) is 0 Å². The van der Waals surface area contributed by atoms with Crippen molar-refractivity contribution in [1.82, 2.24) is 4.72 Å². The Morgan fingerprint density at radius 2 is 1.82 bits per heavy atom. The first-order chi connectivity index (χ1) is 4.77. The van der Waals surface area contributed by atoms with Crippen molar-refractivity contribution in [1.29, 1.82) is 0 Å². The van der Waals surface area contributed by atoms with E-state index in [1.807, 2.05) is 20.8 Å². The fourth-order valence-electron chi connectivity index (χ4n) is 1.18. The summed E-state index contributed by atoms with van der Waals surface area (Å²) in [6, 6.07) is 0. The van der Waals surface area contributed by atoms with E-state index in [2.05, 4.69) is 4.72 Å². The third-order valence-corrected chi connectivity index (χ3v) is 2.26. The molecule has 0 radical (unpaired) electrons. The normalized spacial score (nSPS) is 13.5. The molecule has 11 heavy (non-hydrogen) atoms. The van der Waals surface area contributed by atoms with Crippen LogP contribution in [0.5, 0.6) is 0 Å². The van der Waals surface area contributed by atoms with E-state index in [9.17, 15) is 8.42 Å². The van der Waals surface area contributed by atoms with Crippen LogP contribution in [0.15, 0.2) is 0 Å². The lowest BCUT2D eigenvalue weighted by molar-refractivity contribution is 0.419. The van der Waals surface area contributed by atoms with Crippen molar-refractivity contribution < 1.29 is 8.42 Å². The van der Waals surface area contributed by atoms with E-state index in [1.165, 1.54) is 6.26 Å². The zero-order chi connectivity index (χ0) is 9.12. The molecule has 0 aromatic heterocycles. The van der Waals surface area contributed by atoms with Crippen LogP contribution in [0.4, 0.5) is 0 Å². The van der Waals surface area contributed by atoms with Crippen LogP contribution < -0.4 is 4.72 Å². The molecule has 0 aliphatic rings. The Bertz CT molecular complexity index is 206. The summed E-state index contributed by atoms with van der Waals surface area (Å²) in [6.45, 7) is 5.81. The maximum Gasteiger partial charge on any atom is 0.209 e. The predicted octanol–water partition coefficient (Wildman–Crippen LogP) is 1.11. The quantitative estimate of drug-likeness (QED) is 0.703. The topological polar surface area (TPSA) is 46.2 Å². The largest absolute Gasteiger partial charge is 0.213 e. The highest BCUT2D eigenvalue weighted by atomic mass is 32.2. The standard InChI is InChI=1S/C7H17NO2S/c1-5-6-7(2,3)8-11(4,9)10/h8H,5-6H2,1-4H3. The van der Waals surface area contributed by atoms with Crippen LogP contribution in [0.25, 0.3) is 0 Å². The van der Waals surface area contributed by atoms with Crippen molar-refractivity contribution in [2.45, 2.75) is 39.2 Å². The zero-order valence-corrected chi connectivity index (χ0v) is 8.46. The molecule has 3 nitrogen and oxygen atoms in total. The maximum atomic E-state index is 10.8. The molecule has 0 fully saturated rings. The Morgan fingerprint density at radius 1 is 1.36 bits per heavy atom. The maximum absolute atomic E-state index is 10.8. The van der Waals surface area contributed by atoms with E-state index in [1.54, 1.807) is 0 Å². The molecule has 0 aliphatic heterocycles. The van der Waals surface area contributed by atoms with Gasteiger partial charge in [0.1, 0.15) is 0 Å². The van der Waals surface area contributed by atoms with Crippen LogP contribution in [0.1, 0.15) is 33.6 Å². The minimum atomic E-state index is -3.05. The third-order valence-electron chi connectivity index (χ3n) is 1.34. The lowest BCUT2D eigenvalue weighted by Gasteiger charge is -2.23. The molecule has 0 bridgehead atoms. The van der Waals surface area contributed by atoms with Gasteiger partial charge in [0.25, 0.3) is 0 Å². The summed E-state index contributed by atoms with van der Waals surface area (Å²) >= 11 is 0. The Balaban J connectivity index is 4.13. The van der Waals surface area contributed by atoms with Crippen molar-refractivity contribution in [2.75, 3.05) is 6.26 Å². The number of nitrogens with one attached hydrogen (secondary N) is 1. The van der Waals surface area contributed by atoms with E-state index in [0.717, 1.165) is 12.8 Å². The molecule has 0 amide bonds. The lowest BCUT2D eigenvalue weighted by Crippen LogP contribution is -2.42. The summed E-state index contributed by atoms with van der Waals surface area (Å²) in [5, 5.41) is 0. The molecule has 0 heterocycles. The summed E-state index contributed by atoms with van der Waals surface area (Å²) in [7, 11) is -3.05. The highest BCUT2D eigenvalue weighted by Gasteiger charge is 2.20. The van der Waals surface area contributed by atoms with Crippen molar-refractivity contribution in [3.63, 3.8) is 0 Å². The lowest BCUT2D eigenvalue weighted by atomic mass is 10.0. The van der Waals surface area contributed by atoms with Crippen LogP contribution in [-0.2, 0) is 10.0 Å². The first-order valence-electron chi connectivity index (χ1n) is 3.76. The molecule has 0 unspecified atom stereocenters. The average molecular weight is 179 g/mol. The highest BCUT2D eigenvalue weighted by molar-refractivity contribution is 7.88. The second-order valence-corrected chi connectivity index (χ2v) is 5.26. The average Bonchev–Trinajstić information content (AvgIpc) is 1.55. The summed E-state index contributed by atoms with van der Waals surface area (Å²) in [4.78, 5) is 0. The van der Waals surface area contributed by atoms with Gasteiger partial charge in [-0.2, -0.15) is 0 Å². The molecule has 0 aliphatic carbocycles. The number of rotatable bonds is 4. The molecular weight excluding hydrogens is 162 g/mol. The minimum Gasteiger partial charge on any atom is -0.213 e. The fourth-order valence-corrected chi connectivity index (χ4v) is 2.28. The van der Waals surface area contributed by atoms with E-state index >= 15 is 0 Å². The van der Waals surface area contributed by atoms with Gasteiger partial charge in [-0.05, 0) is 20.3 Å². The smallest absolute Gasteiger partial charge is 0.209 e. The van der Waals surface area contributed by atoms with Gasteiger partial charge in [0.15, 0.2) is 0 Å². The molecule has 0 aromatic rings. The number of hydrogen-bond acceptors (Lipinski definition) is 2. The monoisotopic (exact) mass is 179 g/mol. The summed E-state index contributed by atoms with van der Waals surface area (Å²) in [5.74, 6) is 0. The van der Waals surface area contributed by atoms with E-state index in [0.29, 0.717) is 0 Å². The van der Waals surface area contributed by atoms with Gasteiger partial charge in [0.05, 0.1) is 6.26 Å². The second-order valence-electron chi connectivity index (χ2n) is 3.51. The highest BCUT2D eigenvalue weighted by Crippen LogP contribution is 2.11. The van der Waals surface area contributed by atoms with Gasteiger partial charge >= 0.3 is 0 Å².